The Balaban J connectivity index is 2.60. The Labute approximate surface area is 102 Å². The zero-order chi connectivity index (χ0) is 12.9. The van der Waals surface area contributed by atoms with Gasteiger partial charge in [-0.3, -0.25) is 0 Å². The minimum atomic E-state index is -0.416. The van der Waals surface area contributed by atoms with Crippen LogP contribution in [0.4, 0.5) is 16.2 Å². The zero-order valence-electron chi connectivity index (χ0n) is 11.0. The van der Waals surface area contributed by atoms with Crippen molar-refractivity contribution in [3.63, 3.8) is 0 Å². The first-order valence-electron chi connectivity index (χ1n) is 5.92. The predicted molar refractivity (Wildman–Crippen MR) is 68.7 cm³/mol. The molecule has 0 aliphatic carbocycles. The molecule has 4 nitrogen and oxygen atoms in total. The number of nitrogens with zero attached hydrogens (tertiary/aromatic N) is 2. The van der Waals surface area contributed by atoms with E-state index in [1.165, 1.54) is 6.20 Å². The summed E-state index contributed by atoms with van der Waals surface area (Å²) in [5, 5.41) is 5.96. The van der Waals surface area contributed by atoms with Crippen LogP contribution in [0.3, 0.4) is 0 Å². The lowest BCUT2D eigenvalue weighted by atomic mass is 9.92. The molecular weight excluding hydrogens is 219 g/mol. The fraction of sp³-hybridized carbons (Fsp3) is 0.667. The molecule has 0 fully saturated rings. The van der Waals surface area contributed by atoms with E-state index >= 15 is 0 Å². The number of hydrogen-bond acceptors (Lipinski definition) is 4. The molecule has 0 bridgehead atoms. The summed E-state index contributed by atoms with van der Waals surface area (Å²) in [6, 6.07) is 0. The second-order valence-electron chi connectivity index (χ2n) is 5.16. The molecule has 0 aliphatic heterocycles. The van der Waals surface area contributed by atoms with Gasteiger partial charge in [0.05, 0.1) is 6.20 Å². The Morgan fingerprint density at radius 1 is 1.29 bits per heavy atom. The van der Waals surface area contributed by atoms with Crippen LogP contribution < -0.4 is 10.6 Å². The van der Waals surface area contributed by atoms with E-state index in [0.29, 0.717) is 19.0 Å². The summed E-state index contributed by atoms with van der Waals surface area (Å²) in [5.74, 6) is 0.299. The maximum absolute atomic E-state index is 13.4. The molecule has 17 heavy (non-hydrogen) atoms. The van der Waals surface area contributed by atoms with Gasteiger partial charge in [-0.2, -0.15) is 4.98 Å². The van der Waals surface area contributed by atoms with Gasteiger partial charge in [0.15, 0.2) is 11.6 Å². The summed E-state index contributed by atoms with van der Waals surface area (Å²) >= 11 is 0. The van der Waals surface area contributed by atoms with Crippen molar-refractivity contribution in [1.29, 1.82) is 0 Å². The van der Waals surface area contributed by atoms with Crippen molar-refractivity contribution in [2.45, 2.75) is 34.1 Å². The van der Waals surface area contributed by atoms with Crippen LogP contribution in [-0.4, -0.2) is 23.1 Å². The molecule has 0 atom stereocenters. The maximum Gasteiger partial charge on any atom is 0.224 e. The summed E-state index contributed by atoms with van der Waals surface area (Å²) < 4.78 is 13.4. The summed E-state index contributed by atoms with van der Waals surface area (Å²) in [5.41, 5.74) is 0.223. The average Bonchev–Trinajstić information content (AvgIpc) is 2.21. The predicted octanol–water partition coefficient (Wildman–Crippen LogP) is 2.90. The van der Waals surface area contributed by atoms with E-state index in [1.807, 2.05) is 6.92 Å². The molecule has 2 N–H and O–H groups in total. The van der Waals surface area contributed by atoms with Gasteiger partial charge in [-0.15, -0.1) is 0 Å². The van der Waals surface area contributed by atoms with Crippen LogP contribution in [0.1, 0.15) is 34.1 Å². The van der Waals surface area contributed by atoms with Gasteiger partial charge in [0.1, 0.15) is 0 Å². The Morgan fingerprint density at radius 2 is 2.00 bits per heavy atom. The smallest absolute Gasteiger partial charge is 0.224 e. The van der Waals surface area contributed by atoms with Gasteiger partial charge in [0.2, 0.25) is 5.95 Å². The lowest BCUT2D eigenvalue weighted by Gasteiger charge is -2.18. The van der Waals surface area contributed by atoms with Crippen molar-refractivity contribution in [2.75, 3.05) is 23.7 Å². The van der Waals surface area contributed by atoms with Crippen LogP contribution >= 0.6 is 0 Å². The van der Waals surface area contributed by atoms with Crippen molar-refractivity contribution in [1.82, 2.24) is 9.97 Å². The van der Waals surface area contributed by atoms with E-state index in [2.05, 4.69) is 41.4 Å². The number of halogens is 1. The molecule has 1 rings (SSSR count). The second kappa shape index (κ2) is 5.80. The number of rotatable bonds is 5. The van der Waals surface area contributed by atoms with Crippen LogP contribution in [-0.2, 0) is 0 Å². The van der Waals surface area contributed by atoms with Gasteiger partial charge < -0.3 is 10.6 Å². The van der Waals surface area contributed by atoms with E-state index in [4.69, 9.17) is 0 Å². The molecule has 0 saturated carbocycles. The van der Waals surface area contributed by atoms with Gasteiger partial charge in [0, 0.05) is 13.1 Å². The average molecular weight is 240 g/mol. The molecule has 0 spiro atoms. The molecular formula is C12H21FN4. The van der Waals surface area contributed by atoms with Gasteiger partial charge >= 0.3 is 0 Å². The molecule has 1 heterocycles. The molecule has 0 unspecified atom stereocenters. The van der Waals surface area contributed by atoms with E-state index in [1.54, 1.807) is 0 Å². The highest BCUT2D eigenvalue weighted by Gasteiger charge is 2.11. The number of aromatic nitrogens is 2. The van der Waals surface area contributed by atoms with Crippen molar-refractivity contribution < 1.29 is 4.39 Å². The van der Waals surface area contributed by atoms with Gasteiger partial charge in [0.25, 0.3) is 0 Å². The fourth-order valence-corrected chi connectivity index (χ4v) is 1.29. The lowest BCUT2D eigenvalue weighted by molar-refractivity contribution is 0.389. The monoisotopic (exact) mass is 240 g/mol. The highest BCUT2D eigenvalue weighted by Crippen LogP contribution is 2.19. The van der Waals surface area contributed by atoms with E-state index < -0.39 is 5.82 Å². The Morgan fingerprint density at radius 3 is 2.59 bits per heavy atom. The molecule has 0 aromatic carbocycles. The highest BCUT2D eigenvalue weighted by atomic mass is 19.1. The summed E-state index contributed by atoms with van der Waals surface area (Å²) in [7, 11) is 0. The first-order valence-corrected chi connectivity index (χ1v) is 5.92. The zero-order valence-corrected chi connectivity index (χ0v) is 11.0. The molecule has 1 aromatic rings. The van der Waals surface area contributed by atoms with Crippen molar-refractivity contribution >= 4 is 11.8 Å². The molecule has 0 amide bonds. The SMILES string of the molecule is CCNc1ncc(F)c(NCCC(C)(C)C)n1. The fourth-order valence-electron chi connectivity index (χ4n) is 1.29. The topological polar surface area (TPSA) is 49.8 Å². The number of nitrogens with one attached hydrogen (secondary N) is 2. The van der Waals surface area contributed by atoms with Crippen LogP contribution in [0.15, 0.2) is 6.20 Å². The first-order chi connectivity index (χ1) is 7.92. The third-order valence-electron chi connectivity index (χ3n) is 2.25. The third kappa shape index (κ3) is 4.97. The quantitative estimate of drug-likeness (QED) is 0.831. The van der Waals surface area contributed by atoms with Crippen molar-refractivity contribution in [3.8, 4) is 0 Å². The minimum Gasteiger partial charge on any atom is -0.367 e. The molecule has 0 saturated heterocycles. The van der Waals surface area contributed by atoms with Gasteiger partial charge in [-0.1, -0.05) is 20.8 Å². The van der Waals surface area contributed by atoms with E-state index in [-0.39, 0.29) is 11.2 Å². The van der Waals surface area contributed by atoms with E-state index in [9.17, 15) is 4.39 Å². The molecule has 0 aliphatic rings. The van der Waals surface area contributed by atoms with Gasteiger partial charge in [-0.25, -0.2) is 9.37 Å². The maximum atomic E-state index is 13.4. The van der Waals surface area contributed by atoms with Crippen molar-refractivity contribution in [2.24, 2.45) is 5.41 Å². The molecule has 0 radical (unpaired) electrons. The molecule has 5 heteroatoms. The summed E-state index contributed by atoms with van der Waals surface area (Å²) in [4.78, 5) is 7.92. The van der Waals surface area contributed by atoms with Crippen LogP contribution in [0.25, 0.3) is 0 Å². The minimum absolute atomic E-state index is 0.223. The Bertz CT molecular complexity index is 360. The first kappa shape index (κ1) is 13.7. The second-order valence-corrected chi connectivity index (χ2v) is 5.16. The third-order valence-corrected chi connectivity index (χ3v) is 2.25. The van der Waals surface area contributed by atoms with Gasteiger partial charge in [-0.05, 0) is 18.8 Å². The highest BCUT2D eigenvalue weighted by molar-refractivity contribution is 5.40. The molecule has 1 aromatic heterocycles. The number of hydrogen-bond donors (Lipinski definition) is 2. The number of anilines is 2. The summed E-state index contributed by atoms with van der Waals surface area (Å²) in [6.45, 7) is 9.80. The molecule has 96 valence electrons. The normalized spacial score (nSPS) is 11.4. The lowest BCUT2D eigenvalue weighted by Crippen LogP contribution is -2.15. The largest absolute Gasteiger partial charge is 0.367 e. The van der Waals surface area contributed by atoms with Crippen molar-refractivity contribution in [3.05, 3.63) is 12.0 Å². The van der Waals surface area contributed by atoms with Crippen LogP contribution in [0, 0.1) is 11.2 Å². The van der Waals surface area contributed by atoms with E-state index in [0.717, 1.165) is 6.42 Å². The summed E-state index contributed by atoms with van der Waals surface area (Å²) in [6.07, 6.45) is 2.14. The van der Waals surface area contributed by atoms with Crippen LogP contribution in [0.2, 0.25) is 0 Å². The standard InChI is InChI=1S/C12H21FN4/c1-5-14-11-16-8-9(13)10(17-11)15-7-6-12(2,3)4/h8H,5-7H2,1-4H3,(H2,14,15,16,17). The Hall–Kier alpha value is -1.39. The van der Waals surface area contributed by atoms with Crippen LogP contribution in [0.5, 0.6) is 0 Å². The Kier molecular flexibility index (Phi) is 4.66.